The number of nitrogens with zero attached hydrogens (tertiary/aromatic N) is 3. The third-order valence-corrected chi connectivity index (χ3v) is 3.27. The lowest BCUT2D eigenvalue weighted by molar-refractivity contribution is -0.158. The van der Waals surface area contributed by atoms with Gasteiger partial charge in [0.15, 0.2) is 6.10 Å². The average molecular weight is 293 g/mol. The molecule has 114 valence electrons. The van der Waals surface area contributed by atoms with Gasteiger partial charge < -0.3 is 19.3 Å². The lowest BCUT2D eigenvalue weighted by Gasteiger charge is -2.31. The van der Waals surface area contributed by atoms with Crippen LogP contribution in [0.1, 0.15) is 10.4 Å². The minimum Gasteiger partial charge on any atom is -0.467 e. The van der Waals surface area contributed by atoms with Gasteiger partial charge in [-0.3, -0.25) is 4.79 Å². The maximum Gasteiger partial charge on any atom is 0.336 e. The molecule has 2 heterocycles. The summed E-state index contributed by atoms with van der Waals surface area (Å²) in [4.78, 5) is 31.5. The van der Waals surface area contributed by atoms with Crippen molar-refractivity contribution >= 4 is 17.7 Å². The predicted octanol–water partition coefficient (Wildman–Crippen LogP) is 0.162. The highest BCUT2D eigenvalue weighted by atomic mass is 16.6. The Balaban J connectivity index is 2.06. The van der Waals surface area contributed by atoms with Crippen LogP contribution >= 0.6 is 0 Å². The summed E-state index contributed by atoms with van der Waals surface area (Å²) in [5, 5.41) is 0. The molecular formula is C14H19N3O4. The second-order valence-electron chi connectivity index (χ2n) is 4.93. The Morgan fingerprint density at radius 1 is 1.43 bits per heavy atom. The molecule has 7 nitrogen and oxygen atoms in total. The van der Waals surface area contributed by atoms with Gasteiger partial charge >= 0.3 is 5.97 Å². The summed E-state index contributed by atoms with van der Waals surface area (Å²) in [6, 6.07) is 3.51. The van der Waals surface area contributed by atoms with E-state index in [1.54, 1.807) is 23.2 Å². The second-order valence-corrected chi connectivity index (χ2v) is 4.93. The van der Waals surface area contributed by atoms with Gasteiger partial charge in [-0.1, -0.05) is 0 Å². The topological polar surface area (TPSA) is 72.0 Å². The molecule has 0 aromatic carbocycles. The van der Waals surface area contributed by atoms with E-state index in [0.29, 0.717) is 18.7 Å². The molecule has 0 saturated carbocycles. The van der Waals surface area contributed by atoms with E-state index in [2.05, 4.69) is 9.72 Å². The molecule has 1 saturated heterocycles. The Kier molecular flexibility index (Phi) is 4.74. The van der Waals surface area contributed by atoms with Gasteiger partial charge in [0.2, 0.25) is 0 Å². The quantitative estimate of drug-likeness (QED) is 0.739. The maximum absolute atomic E-state index is 12.4. The second kappa shape index (κ2) is 6.53. The van der Waals surface area contributed by atoms with E-state index in [1.165, 1.54) is 7.11 Å². The molecule has 1 aromatic rings. The molecule has 0 aliphatic carbocycles. The van der Waals surface area contributed by atoms with Crippen molar-refractivity contribution in [1.29, 1.82) is 0 Å². The van der Waals surface area contributed by atoms with E-state index in [9.17, 15) is 9.59 Å². The van der Waals surface area contributed by atoms with Gasteiger partial charge in [0.25, 0.3) is 5.91 Å². The number of ether oxygens (including phenoxy) is 2. The molecule has 1 amide bonds. The first-order valence-electron chi connectivity index (χ1n) is 6.65. The van der Waals surface area contributed by atoms with Crippen LogP contribution in [0.2, 0.25) is 0 Å². The van der Waals surface area contributed by atoms with E-state index in [4.69, 9.17) is 4.74 Å². The average Bonchev–Trinajstić information content (AvgIpc) is 2.53. The van der Waals surface area contributed by atoms with E-state index in [1.807, 2.05) is 19.0 Å². The van der Waals surface area contributed by atoms with Crippen LogP contribution in [0.15, 0.2) is 18.3 Å². The summed E-state index contributed by atoms with van der Waals surface area (Å²) in [6.07, 6.45) is 0.821. The van der Waals surface area contributed by atoms with Crippen molar-refractivity contribution in [2.45, 2.75) is 6.10 Å². The van der Waals surface area contributed by atoms with Crippen LogP contribution in [0.25, 0.3) is 0 Å². The van der Waals surface area contributed by atoms with Crippen LogP contribution in [-0.2, 0) is 14.3 Å². The van der Waals surface area contributed by atoms with Gasteiger partial charge in [-0.25, -0.2) is 9.78 Å². The highest BCUT2D eigenvalue weighted by molar-refractivity contribution is 5.94. The number of aromatic nitrogens is 1. The first-order valence-corrected chi connectivity index (χ1v) is 6.65. The van der Waals surface area contributed by atoms with Crippen molar-refractivity contribution in [2.75, 3.05) is 45.8 Å². The molecule has 0 spiro atoms. The van der Waals surface area contributed by atoms with Gasteiger partial charge in [-0.05, 0) is 12.1 Å². The Morgan fingerprint density at radius 3 is 2.76 bits per heavy atom. The molecule has 1 aliphatic heterocycles. The minimum atomic E-state index is -0.721. The fraction of sp³-hybridized carbons (Fsp3) is 0.500. The molecule has 1 unspecified atom stereocenters. The summed E-state index contributed by atoms with van der Waals surface area (Å²) in [5.74, 6) is 0.152. The molecule has 1 fully saturated rings. The van der Waals surface area contributed by atoms with Gasteiger partial charge in [-0.2, -0.15) is 0 Å². The molecule has 1 aromatic heterocycles. The molecule has 1 atom stereocenters. The van der Waals surface area contributed by atoms with Gasteiger partial charge in [0.1, 0.15) is 5.82 Å². The maximum atomic E-state index is 12.4. The van der Waals surface area contributed by atoms with Gasteiger partial charge in [0.05, 0.1) is 25.8 Å². The number of morpholine rings is 1. The summed E-state index contributed by atoms with van der Waals surface area (Å²) in [7, 11) is 5.07. The zero-order chi connectivity index (χ0) is 15.4. The molecule has 7 heteroatoms. The monoisotopic (exact) mass is 293 g/mol. The standard InChI is InChI=1S/C14H19N3O4/c1-16(2)12-5-4-10(8-15-12)13(18)17-6-7-21-11(9-17)14(19)20-3/h4-5,8,11H,6-7,9H2,1-3H3. The normalized spacial score (nSPS) is 18.2. The van der Waals surface area contributed by atoms with Crippen molar-refractivity contribution in [3.05, 3.63) is 23.9 Å². The predicted molar refractivity (Wildman–Crippen MR) is 76.2 cm³/mol. The minimum absolute atomic E-state index is 0.162. The van der Waals surface area contributed by atoms with E-state index in [0.717, 1.165) is 5.82 Å². The fourth-order valence-electron chi connectivity index (χ4n) is 2.07. The van der Waals surface area contributed by atoms with E-state index in [-0.39, 0.29) is 12.5 Å². The number of amides is 1. The first kappa shape index (κ1) is 15.2. The number of pyridine rings is 1. The molecule has 21 heavy (non-hydrogen) atoms. The van der Waals surface area contributed by atoms with E-state index >= 15 is 0 Å². The van der Waals surface area contributed by atoms with Crippen LogP contribution in [0.3, 0.4) is 0 Å². The van der Waals surface area contributed by atoms with Crippen molar-refractivity contribution in [3.8, 4) is 0 Å². The highest BCUT2D eigenvalue weighted by Gasteiger charge is 2.30. The van der Waals surface area contributed by atoms with Crippen molar-refractivity contribution < 1.29 is 19.1 Å². The summed E-state index contributed by atoms with van der Waals surface area (Å²) >= 11 is 0. The third kappa shape index (κ3) is 3.49. The number of carbonyl (C=O) groups excluding carboxylic acids is 2. The van der Waals surface area contributed by atoms with Gasteiger partial charge in [0, 0.05) is 26.8 Å². The van der Waals surface area contributed by atoms with Crippen LogP contribution in [0.4, 0.5) is 5.82 Å². The van der Waals surface area contributed by atoms with Crippen molar-refractivity contribution in [2.24, 2.45) is 0 Å². The fourth-order valence-corrected chi connectivity index (χ4v) is 2.07. The molecule has 0 bridgehead atoms. The zero-order valence-corrected chi connectivity index (χ0v) is 12.4. The smallest absolute Gasteiger partial charge is 0.336 e. The molecule has 2 rings (SSSR count). The number of methoxy groups -OCH3 is 1. The third-order valence-electron chi connectivity index (χ3n) is 3.27. The Bertz CT molecular complexity index is 515. The molecule has 0 radical (unpaired) electrons. The highest BCUT2D eigenvalue weighted by Crippen LogP contribution is 2.13. The number of hydrogen-bond acceptors (Lipinski definition) is 6. The first-order chi connectivity index (χ1) is 10.0. The summed E-state index contributed by atoms with van der Waals surface area (Å²) in [5.41, 5.74) is 0.492. The molecule has 0 N–H and O–H groups in total. The Labute approximate surface area is 123 Å². The van der Waals surface area contributed by atoms with Crippen molar-refractivity contribution in [3.63, 3.8) is 0 Å². The number of hydrogen-bond donors (Lipinski definition) is 0. The van der Waals surface area contributed by atoms with Crippen molar-refractivity contribution in [1.82, 2.24) is 9.88 Å². The number of rotatable bonds is 3. The van der Waals surface area contributed by atoms with Crippen LogP contribution in [-0.4, -0.2) is 68.8 Å². The van der Waals surface area contributed by atoms with Gasteiger partial charge in [-0.15, -0.1) is 0 Å². The zero-order valence-electron chi connectivity index (χ0n) is 12.4. The Hall–Kier alpha value is -2.15. The van der Waals surface area contributed by atoms with Crippen LogP contribution < -0.4 is 4.90 Å². The Morgan fingerprint density at radius 2 is 2.19 bits per heavy atom. The van der Waals surface area contributed by atoms with Crippen LogP contribution in [0.5, 0.6) is 0 Å². The summed E-state index contributed by atoms with van der Waals surface area (Å²) in [6.45, 7) is 0.956. The lowest BCUT2D eigenvalue weighted by Crippen LogP contribution is -2.48. The molecular weight excluding hydrogens is 274 g/mol. The van der Waals surface area contributed by atoms with Crippen LogP contribution in [0, 0.1) is 0 Å². The SMILES string of the molecule is COC(=O)C1CN(C(=O)c2ccc(N(C)C)nc2)CCO1. The largest absolute Gasteiger partial charge is 0.467 e. The molecule has 1 aliphatic rings. The summed E-state index contributed by atoms with van der Waals surface area (Å²) < 4.78 is 9.95. The van der Waals surface area contributed by atoms with E-state index < -0.39 is 12.1 Å². The lowest BCUT2D eigenvalue weighted by atomic mass is 10.2. The number of carbonyl (C=O) groups is 2. The number of anilines is 1. The number of esters is 1.